The average molecular weight is 421 g/mol. The zero-order valence-corrected chi connectivity index (χ0v) is 18.2. The standard InChI is InChI=1S/C24H28N4OS/c1-3-12-26-23-27-21(18-30-23)24(20-7-5-4-6-8-20)10-14-28(15-11-24)17-19-9-13-25-22(16-19)29-2/h3-9,13,16,18H,1,10-12,14-15,17H2,2H3,(H,26,27). The quantitative estimate of drug-likeness (QED) is 0.534. The lowest BCUT2D eigenvalue weighted by atomic mass is 9.70. The van der Waals surface area contributed by atoms with Crippen LogP contribution in [0.25, 0.3) is 0 Å². The third-order valence-electron chi connectivity index (χ3n) is 5.84. The largest absolute Gasteiger partial charge is 0.481 e. The normalized spacial score (nSPS) is 16.2. The molecule has 1 aromatic carbocycles. The molecule has 3 heterocycles. The Labute approximate surface area is 182 Å². The highest BCUT2D eigenvalue weighted by molar-refractivity contribution is 7.13. The number of pyridine rings is 1. The van der Waals surface area contributed by atoms with E-state index in [9.17, 15) is 0 Å². The zero-order valence-electron chi connectivity index (χ0n) is 17.4. The maximum absolute atomic E-state index is 5.27. The molecule has 156 valence electrons. The Hall–Kier alpha value is -2.70. The molecule has 1 fully saturated rings. The van der Waals surface area contributed by atoms with E-state index in [-0.39, 0.29) is 5.41 Å². The van der Waals surface area contributed by atoms with Crippen LogP contribution in [0, 0.1) is 0 Å². The molecule has 0 radical (unpaired) electrons. The van der Waals surface area contributed by atoms with Gasteiger partial charge in [-0.1, -0.05) is 36.4 Å². The fraction of sp³-hybridized carbons (Fsp3) is 0.333. The minimum atomic E-state index is -0.0434. The Balaban J connectivity index is 1.54. The number of likely N-dealkylation sites (tertiary alicyclic amines) is 1. The lowest BCUT2D eigenvalue weighted by Gasteiger charge is -2.41. The highest BCUT2D eigenvalue weighted by Gasteiger charge is 2.39. The van der Waals surface area contributed by atoms with Gasteiger partial charge >= 0.3 is 0 Å². The molecule has 0 unspecified atom stereocenters. The summed E-state index contributed by atoms with van der Waals surface area (Å²) in [6.45, 7) is 7.47. The monoisotopic (exact) mass is 420 g/mol. The van der Waals surface area contributed by atoms with E-state index in [4.69, 9.17) is 9.72 Å². The van der Waals surface area contributed by atoms with Gasteiger partial charge in [0.25, 0.3) is 0 Å². The molecule has 30 heavy (non-hydrogen) atoms. The van der Waals surface area contributed by atoms with E-state index in [1.807, 2.05) is 18.3 Å². The van der Waals surface area contributed by atoms with Crippen LogP contribution in [0.2, 0.25) is 0 Å². The molecule has 6 heteroatoms. The fourth-order valence-corrected chi connectivity index (χ4v) is 5.01. The number of methoxy groups -OCH3 is 1. The first-order valence-corrected chi connectivity index (χ1v) is 11.2. The maximum Gasteiger partial charge on any atom is 0.213 e. The minimum absolute atomic E-state index is 0.0434. The molecule has 1 saturated heterocycles. The van der Waals surface area contributed by atoms with Crippen molar-refractivity contribution in [2.45, 2.75) is 24.8 Å². The SMILES string of the molecule is C=CCNc1nc(C2(c3ccccc3)CCN(Cc3ccnc(OC)c3)CC2)cs1. The number of thiazole rings is 1. The van der Waals surface area contributed by atoms with Crippen molar-refractivity contribution in [2.24, 2.45) is 0 Å². The Morgan fingerprint density at radius 1 is 1.23 bits per heavy atom. The Bertz CT molecular complexity index is 964. The fourth-order valence-electron chi connectivity index (χ4n) is 4.20. The number of nitrogens with one attached hydrogen (secondary N) is 1. The van der Waals surface area contributed by atoms with Crippen molar-refractivity contribution < 1.29 is 4.74 Å². The predicted octanol–water partition coefficient (Wildman–Crippen LogP) is 4.73. The number of aromatic nitrogens is 2. The van der Waals surface area contributed by atoms with Crippen molar-refractivity contribution in [1.82, 2.24) is 14.9 Å². The van der Waals surface area contributed by atoms with E-state index < -0.39 is 0 Å². The van der Waals surface area contributed by atoms with E-state index in [0.717, 1.165) is 44.2 Å². The number of hydrogen-bond donors (Lipinski definition) is 1. The first-order chi connectivity index (χ1) is 14.7. The summed E-state index contributed by atoms with van der Waals surface area (Å²) in [5.41, 5.74) is 3.73. The molecule has 0 atom stereocenters. The number of rotatable bonds is 8. The molecular weight excluding hydrogens is 392 g/mol. The first kappa shape index (κ1) is 20.6. The van der Waals surface area contributed by atoms with Gasteiger partial charge in [-0.3, -0.25) is 4.90 Å². The summed E-state index contributed by atoms with van der Waals surface area (Å²) < 4.78 is 5.27. The number of anilines is 1. The van der Waals surface area contributed by atoms with Gasteiger partial charge in [-0.2, -0.15) is 0 Å². The summed E-state index contributed by atoms with van der Waals surface area (Å²) in [7, 11) is 1.66. The molecule has 0 aliphatic carbocycles. The topological polar surface area (TPSA) is 50.3 Å². The second-order valence-electron chi connectivity index (χ2n) is 7.64. The summed E-state index contributed by atoms with van der Waals surface area (Å²) in [6, 6.07) is 14.9. The zero-order chi connectivity index (χ0) is 20.8. The van der Waals surface area contributed by atoms with Crippen molar-refractivity contribution in [3.8, 4) is 5.88 Å². The maximum atomic E-state index is 5.27. The minimum Gasteiger partial charge on any atom is -0.481 e. The number of hydrogen-bond acceptors (Lipinski definition) is 6. The first-order valence-electron chi connectivity index (χ1n) is 10.3. The van der Waals surface area contributed by atoms with Crippen molar-refractivity contribution in [1.29, 1.82) is 0 Å². The van der Waals surface area contributed by atoms with Crippen LogP contribution in [0.3, 0.4) is 0 Å². The van der Waals surface area contributed by atoms with Crippen LogP contribution in [0.4, 0.5) is 5.13 Å². The summed E-state index contributed by atoms with van der Waals surface area (Å²) in [5.74, 6) is 0.671. The third kappa shape index (κ3) is 4.40. The molecule has 0 bridgehead atoms. The smallest absolute Gasteiger partial charge is 0.213 e. The number of piperidine rings is 1. The Kier molecular flexibility index (Phi) is 6.45. The van der Waals surface area contributed by atoms with E-state index in [0.29, 0.717) is 5.88 Å². The van der Waals surface area contributed by atoms with Crippen LogP contribution in [-0.2, 0) is 12.0 Å². The molecule has 1 N–H and O–H groups in total. The second kappa shape index (κ2) is 9.41. The lowest BCUT2D eigenvalue weighted by molar-refractivity contribution is 0.170. The van der Waals surface area contributed by atoms with Gasteiger partial charge in [0, 0.05) is 36.1 Å². The van der Waals surface area contributed by atoms with Crippen LogP contribution in [0.1, 0.15) is 29.7 Å². The molecule has 1 aliphatic heterocycles. The van der Waals surface area contributed by atoms with Gasteiger partial charge in [0.1, 0.15) is 0 Å². The van der Waals surface area contributed by atoms with Crippen molar-refractivity contribution in [3.05, 3.63) is 83.5 Å². The summed E-state index contributed by atoms with van der Waals surface area (Å²) >= 11 is 1.68. The average Bonchev–Trinajstić information content (AvgIpc) is 3.28. The van der Waals surface area contributed by atoms with Crippen LogP contribution < -0.4 is 10.1 Å². The molecule has 3 aromatic rings. The van der Waals surface area contributed by atoms with Crippen molar-refractivity contribution >= 4 is 16.5 Å². The highest BCUT2D eigenvalue weighted by Crippen LogP contribution is 2.42. The Morgan fingerprint density at radius 2 is 2.03 bits per heavy atom. The van der Waals surface area contributed by atoms with Gasteiger partial charge < -0.3 is 10.1 Å². The highest BCUT2D eigenvalue weighted by atomic mass is 32.1. The van der Waals surface area contributed by atoms with Crippen molar-refractivity contribution in [2.75, 3.05) is 32.1 Å². The predicted molar refractivity (Wildman–Crippen MR) is 123 cm³/mol. The molecule has 0 amide bonds. The van der Waals surface area contributed by atoms with Crippen LogP contribution in [0.15, 0.2) is 66.7 Å². The summed E-state index contributed by atoms with van der Waals surface area (Å²) in [5, 5.41) is 6.52. The van der Waals surface area contributed by atoms with Gasteiger partial charge in [-0.25, -0.2) is 9.97 Å². The number of nitrogens with zero attached hydrogens (tertiary/aromatic N) is 3. The lowest BCUT2D eigenvalue weighted by Crippen LogP contribution is -2.43. The van der Waals surface area contributed by atoms with Crippen LogP contribution in [0.5, 0.6) is 5.88 Å². The Morgan fingerprint density at radius 3 is 2.77 bits per heavy atom. The number of ether oxygens (including phenoxy) is 1. The van der Waals surface area contributed by atoms with Gasteiger partial charge in [-0.15, -0.1) is 17.9 Å². The molecule has 4 rings (SSSR count). The van der Waals surface area contributed by atoms with Gasteiger partial charge in [0.05, 0.1) is 12.8 Å². The van der Waals surface area contributed by atoms with E-state index in [1.54, 1.807) is 18.4 Å². The second-order valence-corrected chi connectivity index (χ2v) is 8.50. The van der Waals surface area contributed by atoms with Crippen molar-refractivity contribution in [3.63, 3.8) is 0 Å². The summed E-state index contributed by atoms with van der Waals surface area (Å²) in [4.78, 5) is 11.7. The van der Waals surface area contributed by atoms with Crippen LogP contribution in [-0.4, -0.2) is 41.6 Å². The molecular formula is C24H28N4OS. The molecule has 0 spiro atoms. The van der Waals surface area contributed by atoms with E-state index >= 15 is 0 Å². The number of benzene rings is 1. The molecule has 2 aromatic heterocycles. The van der Waals surface area contributed by atoms with E-state index in [2.05, 4.69) is 63.6 Å². The van der Waals surface area contributed by atoms with Gasteiger partial charge in [0.15, 0.2) is 5.13 Å². The van der Waals surface area contributed by atoms with Gasteiger partial charge in [0.2, 0.25) is 5.88 Å². The molecule has 1 aliphatic rings. The van der Waals surface area contributed by atoms with E-state index in [1.165, 1.54) is 16.8 Å². The van der Waals surface area contributed by atoms with Gasteiger partial charge in [-0.05, 0) is 43.1 Å². The third-order valence-corrected chi connectivity index (χ3v) is 6.64. The summed E-state index contributed by atoms with van der Waals surface area (Å²) in [6.07, 6.45) is 5.77. The molecule has 0 saturated carbocycles. The van der Waals surface area contributed by atoms with Crippen LogP contribution >= 0.6 is 11.3 Å². The molecule has 5 nitrogen and oxygen atoms in total.